The van der Waals surface area contributed by atoms with E-state index < -0.39 is 32.4 Å². The summed E-state index contributed by atoms with van der Waals surface area (Å²) in [5.41, 5.74) is 0.734. The molecule has 0 aliphatic carbocycles. The van der Waals surface area contributed by atoms with E-state index in [0.29, 0.717) is 5.56 Å². The molecule has 4 nitrogen and oxygen atoms in total. The van der Waals surface area contributed by atoms with Gasteiger partial charge >= 0.3 is 0 Å². The van der Waals surface area contributed by atoms with Gasteiger partial charge in [0.15, 0.2) is 16.5 Å². The number of sulfonamides is 1. The fourth-order valence-electron chi connectivity index (χ4n) is 2.57. The van der Waals surface area contributed by atoms with E-state index >= 15 is 0 Å². The van der Waals surface area contributed by atoms with Crippen LogP contribution in [0, 0.1) is 24.4 Å². The van der Waals surface area contributed by atoms with Gasteiger partial charge in [0.1, 0.15) is 17.4 Å². The summed E-state index contributed by atoms with van der Waals surface area (Å²) in [5, 5.41) is 0. The summed E-state index contributed by atoms with van der Waals surface area (Å²) in [6, 6.07) is 14.0. The van der Waals surface area contributed by atoms with Crippen LogP contribution in [0.3, 0.4) is 0 Å². The first-order chi connectivity index (χ1) is 13.3. The topological polar surface area (TPSA) is 55.4 Å². The lowest BCUT2D eigenvalue weighted by atomic mass is 10.2. The summed E-state index contributed by atoms with van der Waals surface area (Å²) in [6.07, 6.45) is 0. The number of rotatable bonds is 6. The van der Waals surface area contributed by atoms with Gasteiger partial charge in [-0.1, -0.05) is 24.3 Å². The van der Waals surface area contributed by atoms with Crippen molar-refractivity contribution in [2.75, 3.05) is 0 Å². The standard InChI is InChI=1S/C20H16F3NO3S/c1-13-9-17(22)20(18(23)10-13)28(25,26)24-12-14-5-4-6-15(11-14)27-19-8-3-2-7-16(19)21/h2-11,24H,12H2,1H3. The molecule has 0 spiro atoms. The highest BCUT2D eigenvalue weighted by Gasteiger charge is 2.24. The molecule has 0 amide bonds. The highest BCUT2D eigenvalue weighted by Crippen LogP contribution is 2.25. The number of aryl methyl sites for hydroxylation is 1. The Labute approximate surface area is 160 Å². The molecule has 0 radical (unpaired) electrons. The molecular formula is C20H16F3NO3S. The highest BCUT2D eigenvalue weighted by molar-refractivity contribution is 7.89. The van der Waals surface area contributed by atoms with E-state index in [-0.39, 0.29) is 23.6 Å². The lowest BCUT2D eigenvalue weighted by Gasteiger charge is -2.11. The second-order valence-corrected chi connectivity index (χ2v) is 7.77. The number of hydrogen-bond acceptors (Lipinski definition) is 3. The Bertz CT molecular complexity index is 1090. The van der Waals surface area contributed by atoms with Crippen molar-refractivity contribution in [3.05, 3.63) is 89.2 Å². The zero-order chi connectivity index (χ0) is 20.3. The van der Waals surface area contributed by atoms with Crippen LogP contribution >= 0.6 is 0 Å². The number of hydrogen-bond donors (Lipinski definition) is 1. The molecule has 0 saturated carbocycles. The molecule has 0 aliphatic rings. The van der Waals surface area contributed by atoms with Crippen LogP contribution in [0.5, 0.6) is 11.5 Å². The van der Waals surface area contributed by atoms with E-state index in [1.165, 1.54) is 31.2 Å². The maximum absolute atomic E-state index is 14.0. The molecule has 0 atom stereocenters. The zero-order valence-corrected chi connectivity index (χ0v) is 15.6. The summed E-state index contributed by atoms with van der Waals surface area (Å²) in [6.45, 7) is 1.22. The van der Waals surface area contributed by atoms with Gasteiger partial charge in [0.2, 0.25) is 10.0 Å². The van der Waals surface area contributed by atoms with Gasteiger partial charge in [0, 0.05) is 6.54 Å². The van der Waals surface area contributed by atoms with Gasteiger partial charge in [-0.15, -0.1) is 0 Å². The van der Waals surface area contributed by atoms with Crippen molar-refractivity contribution in [2.24, 2.45) is 0 Å². The largest absolute Gasteiger partial charge is 0.454 e. The van der Waals surface area contributed by atoms with Crippen molar-refractivity contribution in [1.82, 2.24) is 4.72 Å². The molecule has 0 fully saturated rings. The second-order valence-electron chi connectivity index (χ2n) is 6.06. The third-order valence-corrected chi connectivity index (χ3v) is 5.29. The second kappa shape index (κ2) is 8.04. The molecule has 28 heavy (non-hydrogen) atoms. The molecule has 146 valence electrons. The van der Waals surface area contributed by atoms with Gasteiger partial charge in [-0.3, -0.25) is 0 Å². The fourth-order valence-corrected chi connectivity index (χ4v) is 3.70. The van der Waals surface area contributed by atoms with E-state index in [9.17, 15) is 21.6 Å². The maximum atomic E-state index is 14.0. The van der Waals surface area contributed by atoms with Crippen LogP contribution < -0.4 is 9.46 Å². The van der Waals surface area contributed by atoms with Gasteiger partial charge in [-0.05, 0) is 54.4 Å². The minimum Gasteiger partial charge on any atom is -0.454 e. The van der Waals surface area contributed by atoms with Crippen molar-refractivity contribution in [1.29, 1.82) is 0 Å². The van der Waals surface area contributed by atoms with Gasteiger partial charge < -0.3 is 4.74 Å². The Balaban J connectivity index is 1.77. The van der Waals surface area contributed by atoms with Crippen LogP contribution in [-0.2, 0) is 16.6 Å². The summed E-state index contributed by atoms with van der Waals surface area (Å²) in [5.74, 6) is -2.57. The molecule has 0 heterocycles. The first-order valence-electron chi connectivity index (χ1n) is 8.23. The van der Waals surface area contributed by atoms with Gasteiger partial charge in [0.05, 0.1) is 0 Å². The maximum Gasteiger partial charge on any atom is 0.246 e. The van der Waals surface area contributed by atoms with Crippen LogP contribution in [0.15, 0.2) is 65.6 Å². The van der Waals surface area contributed by atoms with E-state index in [4.69, 9.17) is 4.74 Å². The summed E-state index contributed by atoms with van der Waals surface area (Å²) in [7, 11) is -4.42. The van der Waals surface area contributed by atoms with Crippen molar-refractivity contribution in [2.45, 2.75) is 18.4 Å². The number of benzene rings is 3. The zero-order valence-electron chi connectivity index (χ0n) is 14.7. The minimum absolute atomic E-state index is 0.0176. The molecule has 0 unspecified atom stereocenters. The Morgan fingerprint density at radius 2 is 1.57 bits per heavy atom. The van der Waals surface area contributed by atoms with Gasteiger partial charge in [-0.2, -0.15) is 0 Å². The smallest absolute Gasteiger partial charge is 0.246 e. The monoisotopic (exact) mass is 407 g/mol. The lowest BCUT2D eigenvalue weighted by molar-refractivity contribution is 0.441. The van der Waals surface area contributed by atoms with Crippen molar-refractivity contribution < 1.29 is 26.3 Å². The van der Waals surface area contributed by atoms with Crippen LogP contribution in [-0.4, -0.2) is 8.42 Å². The molecule has 3 aromatic carbocycles. The molecule has 8 heteroatoms. The van der Waals surface area contributed by atoms with Crippen molar-refractivity contribution in [3.63, 3.8) is 0 Å². The van der Waals surface area contributed by atoms with Crippen LogP contribution in [0.2, 0.25) is 0 Å². The average molecular weight is 407 g/mol. The fraction of sp³-hybridized carbons (Fsp3) is 0.100. The molecule has 0 aliphatic heterocycles. The Kier molecular flexibility index (Phi) is 5.71. The van der Waals surface area contributed by atoms with Gasteiger partial charge in [0.25, 0.3) is 0 Å². The number of halogens is 3. The van der Waals surface area contributed by atoms with Crippen LogP contribution in [0.4, 0.5) is 13.2 Å². The third-order valence-electron chi connectivity index (χ3n) is 3.84. The third kappa shape index (κ3) is 4.52. The minimum atomic E-state index is -4.42. The van der Waals surface area contributed by atoms with Crippen molar-refractivity contribution >= 4 is 10.0 Å². The van der Waals surface area contributed by atoms with Crippen LogP contribution in [0.25, 0.3) is 0 Å². The number of para-hydroxylation sites is 1. The van der Waals surface area contributed by atoms with E-state index in [1.807, 2.05) is 0 Å². The normalized spacial score (nSPS) is 11.4. The molecular weight excluding hydrogens is 391 g/mol. The first kappa shape index (κ1) is 19.9. The van der Waals surface area contributed by atoms with E-state index in [1.54, 1.807) is 24.3 Å². The van der Waals surface area contributed by atoms with E-state index in [0.717, 1.165) is 12.1 Å². The SMILES string of the molecule is Cc1cc(F)c(S(=O)(=O)NCc2cccc(Oc3ccccc3F)c2)c(F)c1. The Hall–Kier alpha value is -2.84. The summed E-state index contributed by atoms with van der Waals surface area (Å²) >= 11 is 0. The average Bonchev–Trinajstić information content (AvgIpc) is 2.61. The molecule has 0 saturated heterocycles. The summed E-state index contributed by atoms with van der Waals surface area (Å²) in [4.78, 5) is -1.03. The molecule has 0 aromatic heterocycles. The molecule has 1 N–H and O–H groups in total. The Morgan fingerprint density at radius 3 is 2.25 bits per heavy atom. The van der Waals surface area contributed by atoms with Crippen molar-refractivity contribution in [3.8, 4) is 11.5 Å². The first-order valence-corrected chi connectivity index (χ1v) is 9.71. The molecule has 3 aromatic rings. The predicted molar refractivity (Wildman–Crippen MR) is 98.0 cm³/mol. The quantitative estimate of drug-likeness (QED) is 0.645. The van der Waals surface area contributed by atoms with Gasteiger partial charge in [-0.25, -0.2) is 26.3 Å². The summed E-state index contributed by atoms with van der Waals surface area (Å²) < 4.78 is 73.8. The lowest BCUT2D eigenvalue weighted by Crippen LogP contribution is -2.25. The highest BCUT2D eigenvalue weighted by atomic mass is 32.2. The Morgan fingerprint density at radius 1 is 0.893 bits per heavy atom. The van der Waals surface area contributed by atoms with Crippen LogP contribution in [0.1, 0.15) is 11.1 Å². The molecule has 3 rings (SSSR count). The predicted octanol–water partition coefficient (Wildman–Crippen LogP) is 4.68. The number of nitrogens with one attached hydrogen (secondary N) is 1. The molecule has 0 bridgehead atoms. The number of ether oxygens (including phenoxy) is 1. The van der Waals surface area contributed by atoms with E-state index in [2.05, 4.69) is 4.72 Å².